The van der Waals surface area contributed by atoms with Crippen molar-refractivity contribution in [3.63, 3.8) is 0 Å². The lowest BCUT2D eigenvalue weighted by molar-refractivity contribution is -0.148. The molecule has 0 spiro atoms. The minimum absolute atomic E-state index is 0.0204. The standard InChI is InChI=1S/C17H26O4Si/c1-7-12-11-8-10-9-13(21-22(5,6)17(2,3)4)14(15(11)19-10)16(18)20-12/h8,10,12,15H,7,9H2,1-6H3. The van der Waals surface area contributed by atoms with Crippen LogP contribution in [0.25, 0.3) is 0 Å². The maximum atomic E-state index is 12.5. The Morgan fingerprint density at radius 2 is 2.05 bits per heavy atom. The number of carbonyl (C=O) groups is 1. The average Bonchev–Trinajstić information content (AvgIpc) is 2.74. The van der Waals surface area contributed by atoms with Crippen molar-refractivity contribution in [1.29, 1.82) is 0 Å². The van der Waals surface area contributed by atoms with Gasteiger partial charge < -0.3 is 13.9 Å². The van der Waals surface area contributed by atoms with Crippen molar-refractivity contribution >= 4 is 14.3 Å². The quantitative estimate of drug-likeness (QED) is 0.451. The Morgan fingerprint density at radius 1 is 1.36 bits per heavy atom. The van der Waals surface area contributed by atoms with Crippen molar-refractivity contribution in [2.24, 2.45) is 0 Å². The molecule has 5 heteroatoms. The summed E-state index contributed by atoms with van der Waals surface area (Å²) in [6, 6.07) is 0. The van der Waals surface area contributed by atoms with Crippen molar-refractivity contribution < 1.29 is 18.7 Å². The largest absolute Gasteiger partial charge is 0.546 e. The molecule has 3 aliphatic heterocycles. The summed E-state index contributed by atoms with van der Waals surface area (Å²) in [5.74, 6) is 0.543. The van der Waals surface area contributed by atoms with E-state index in [1.807, 2.05) is 6.92 Å². The van der Waals surface area contributed by atoms with E-state index in [9.17, 15) is 4.79 Å². The first-order chi connectivity index (χ1) is 10.1. The maximum Gasteiger partial charge on any atom is 0.341 e. The number of hydrogen-bond acceptors (Lipinski definition) is 4. The van der Waals surface area contributed by atoms with Gasteiger partial charge in [-0.15, -0.1) is 0 Å². The zero-order chi connectivity index (χ0) is 16.3. The molecule has 3 rings (SSSR count). The molecule has 0 N–H and O–H groups in total. The van der Waals surface area contributed by atoms with Crippen LogP contribution in [-0.2, 0) is 18.7 Å². The highest BCUT2D eigenvalue weighted by Gasteiger charge is 2.50. The highest BCUT2D eigenvalue weighted by atomic mass is 28.4. The molecule has 0 aromatic carbocycles. The Hall–Kier alpha value is -1.07. The van der Waals surface area contributed by atoms with E-state index in [1.54, 1.807) is 0 Å². The van der Waals surface area contributed by atoms with Crippen LogP contribution in [0, 0.1) is 0 Å². The van der Waals surface area contributed by atoms with Crippen LogP contribution in [0.2, 0.25) is 18.1 Å². The van der Waals surface area contributed by atoms with Crippen molar-refractivity contribution in [2.45, 2.75) is 77.0 Å². The maximum absolute atomic E-state index is 12.5. The molecule has 4 nitrogen and oxygen atoms in total. The van der Waals surface area contributed by atoms with Crippen LogP contribution < -0.4 is 0 Å². The van der Waals surface area contributed by atoms with E-state index < -0.39 is 8.32 Å². The summed E-state index contributed by atoms with van der Waals surface area (Å²) in [4.78, 5) is 12.5. The minimum Gasteiger partial charge on any atom is -0.546 e. The van der Waals surface area contributed by atoms with E-state index in [4.69, 9.17) is 13.9 Å². The van der Waals surface area contributed by atoms with Crippen molar-refractivity contribution in [2.75, 3.05) is 0 Å². The number of fused-ring (bicyclic) bond motifs is 1. The van der Waals surface area contributed by atoms with E-state index >= 15 is 0 Å². The molecule has 122 valence electrons. The Morgan fingerprint density at radius 3 is 2.64 bits per heavy atom. The topological polar surface area (TPSA) is 44.8 Å². The number of esters is 1. The molecule has 3 unspecified atom stereocenters. The van der Waals surface area contributed by atoms with Gasteiger partial charge in [0.1, 0.15) is 17.8 Å². The first kappa shape index (κ1) is 15.8. The predicted molar refractivity (Wildman–Crippen MR) is 86.8 cm³/mol. The monoisotopic (exact) mass is 322 g/mol. The third-order valence-electron chi connectivity index (χ3n) is 5.34. The molecule has 1 saturated heterocycles. The van der Waals surface area contributed by atoms with Crippen molar-refractivity contribution in [3.8, 4) is 0 Å². The Bertz CT molecular complexity index is 568. The molecule has 1 fully saturated rings. The fourth-order valence-corrected chi connectivity index (χ4v) is 4.13. The number of cyclic esters (lactones) is 1. The SMILES string of the molecule is CCC1OC(=O)C2=C(O[Si](C)(C)C(C)(C)C)CC3C=C1C2O3. The smallest absolute Gasteiger partial charge is 0.341 e. The van der Waals surface area contributed by atoms with Crippen LogP contribution >= 0.6 is 0 Å². The van der Waals surface area contributed by atoms with Gasteiger partial charge in [-0.3, -0.25) is 0 Å². The van der Waals surface area contributed by atoms with Crippen LogP contribution in [0.5, 0.6) is 0 Å². The fraction of sp³-hybridized carbons (Fsp3) is 0.706. The van der Waals surface area contributed by atoms with Gasteiger partial charge >= 0.3 is 5.97 Å². The third-order valence-corrected chi connectivity index (χ3v) is 9.71. The lowest BCUT2D eigenvalue weighted by Crippen LogP contribution is -2.44. The summed E-state index contributed by atoms with van der Waals surface area (Å²) in [6.07, 6.45) is 3.20. The number of carbonyl (C=O) groups excluding carboxylic acids is 1. The van der Waals surface area contributed by atoms with Gasteiger partial charge in [0.15, 0.2) is 0 Å². The second-order valence-electron chi connectivity index (χ2n) is 7.93. The zero-order valence-corrected chi connectivity index (χ0v) is 15.4. The van der Waals surface area contributed by atoms with E-state index in [2.05, 4.69) is 39.9 Å². The van der Waals surface area contributed by atoms with Crippen molar-refractivity contribution in [3.05, 3.63) is 23.0 Å². The van der Waals surface area contributed by atoms with Gasteiger partial charge in [-0.05, 0) is 30.6 Å². The van der Waals surface area contributed by atoms with Crippen LogP contribution in [0.3, 0.4) is 0 Å². The van der Waals surface area contributed by atoms with E-state index in [0.29, 0.717) is 12.0 Å². The molecule has 0 amide bonds. The van der Waals surface area contributed by atoms with E-state index in [-0.39, 0.29) is 29.3 Å². The molecule has 22 heavy (non-hydrogen) atoms. The Kier molecular flexibility index (Phi) is 3.57. The van der Waals surface area contributed by atoms with Crippen LogP contribution in [-0.4, -0.2) is 32.6 Å². The van der Waals surface area contributed by atoms with E-state index in [0.717, 1.165) is 17.8 Å². The molecule has 0 aromatic rings. The fourth-order valence-electron chi connectivity index (χ4n) is 3.01. The molecule has 3 heterocycles. The first-order valence-electron chi connectivity index (χ1n) is 8.14. The van der Waals surface area contributed by atoms with Crippen molar-refractivity contribution in [1.82, 2.24) is 0 Å². The average molecular weight is 322 g/mol. The second kappa shape index (κ2) is 4.96. The summed E-state index contributed by atoms with van der Waals surface area (Å²) < 4.78 is 18.0. The van der Waals surface area contributed by atoms with Crippen LogP contribution in [0.1, 0.15) is 40.5 Å². The third kappa shape index (κ3) is 2.35. The second-order valence-corrected chi connectivity index (χ2v) is 12.7. The predicted octanol–water partition coefficient (Wildman–Crippen LogP) is 3.70. The summed E-state index contributed by atoms with van der Waals surface area (Å²) in [5.41, 5.74) is 1.71. The molecular weight excluding hydrogens is 296 g/mol. The van der Waals surface area contributed by atoms with Crippen LogP contribution in [0.4, 0.5) is 0 Å². The highest BCUT2D eigenvalue weighted by molar-refractivity contribution is 6.74. The van der Waals surface area contributed by atoms with Gasteiger partial charge in [0.05, 0.1) is 11.9 Å². The number of ether oxygens (including phenoxy) is 2. The zero-order valence-electron chi connectivity index (χ0n) is 14.4. The lowest BCUT2D eigenvalue weighted by Gasteiger charge is -2.40. The Labute approximate surface area is 133 Å². The van der Waals surface area contributed by atoms with E-state index in [1.165, 1.54) is 0 Å². The molecule has 2 bridgehead atoms. The van der Waals surface area contributed by atoms with Gasteiger partial charge in [0, 0.05) is 12.0 Å². The summed E-state index contributed by atoms with van der Waals surface area (Å²) in [6.45, 7) is 13.0. The summed E-state index contributed by atoms with van der Waals surface area (Å²) >= 11 is 0. The van der Waals surface area contributed by atoms with Gasteiger partial charge in [0.2, 0.25) is 8.32 Å². The highest BCUT2D eigenvalue weighted by Crippen LogP contribution is 2.46. The minimum atomic E-state index is -1.98. The molecule has 0 aliphatic carbocycles. The van der Waals surface area contributed by atoms with Crippen LogP contribution in [0.15, 0.2) is 23.0 Å². The Balaban J connectivity index is 1.96. The number of rotatable bonds is 3. The first-order valence-corrected chi connectivity index (χ1v) is 11.0. The normalized spacial score (nSPS) is 31.1. The van der Waals surface area contributed by atoms with Gasteiger partial charge in [-0.2, -0.15) is 0 Å². The molecule has 3 aliphatic rings. The molecule has 0 aromatic heterocycles. The number of hydrogen-bond donors (Lipinski definition) is 0. The molecule has 3 atom stereocenters. The van der Waals surface area contributed by atoms with Gasteiger partial charge in [0.25, 0.3) is 0 Å². The molecule has 0 saturated carbocycles. The summed E-state index contributed by atoms with van der Waals surface area (Å²) in [7, 11) is -1.98. The molecular formula is C17H26O4Si. The lowest BCUT2D eigenvalue weighted by atomic mass is 9.93. The molecule has 0 radical (unpaired) electrons. The van der Waals surface area contributed by atoms with Gasteiger partial charge in [-0.25, -0.2) is 4.79 Å². The van der Waals surface area contributed by atoms with Gasteiger partial charge in [-0.1, -0.05) is 27.7 Å². The summed E-state index contributed by atoms with van der Waals surface area (Å²) in [5, 5.41) is 0.0959.